The van der Waals surface area contributed by atoms with Crippen LogP contribution >= 0.6 is 0 Å². The molecule has 0 atom stereocenters. The first-order valence-corrected chi connectivity index (χ1v) is 10.5. The first-order valence-electron chi connectivity index (χ1n) is 10.5. The Hall–Kier alpha value is -3.54. The summed E-state index contributed by atoms with van der Waals surface area (Å²) < 4.78 is 22.0. The molecule has 0 saturated carbocycles. The van der Waals surface area contributed by atoms with Crippen molar-refractivity contribution < 1.29 is 28.5 Å². The minimum atomic E-state index is -0.462. The topological polar surface area (TPSA) is 71.1 Å². The molecule has 0 heterocycles. The zero-order valence-electron chi connectivity index (χ0n) is 18.9. The Labute approximate surface area is 189 Å². The van der Waals surface area contributed by atoms with Gasteiger partial charge < -0.3 is 18.9 Å². The van der Waals surface area contributed by atoms with Crippen molar-refractivity contribution in [1.29, 1.82) is 0 Å². The minimum Gasteiger partial charge on any atom is -0.494 e. The smallest absolute Gasteiger partial charge is 0.310 e. The van der Waals surface area contributed by atoms with Gasteiger partial charge in [0.25, 0.3) is 0 Å². The fourth-order valence-corrected chi connectivity index (χ4v) is 3.33. The van der Waals surface area contributed by atoms with Crippen LogP contribution in [0.15, 0.2) is 55.6 Å². The summed E-state index contributed by atoms with van der Waals surface area (Å²) in [5.41, 5.74) is 2.03. The molecule has 0 aromatic heterocycles. The number of hydrogen-bond acceptors (Lipinski definition) is 6. The summed E-state index contributed by atoms with van der Waals surface area (Å²) >= 11 is 0. The molecule has 0 N–H and O–H groups in total. The summed E-state index contributed by atoms with van der Waals surface area (Å²) in [7, 11) is 1.31. The zero-order valence-corrected chi connectivity index (χ0v) is 18.9. The van der Waals surface area contributed by atoms with Crippen LogP contribution in [0.2, 0.25) is 0 Å². The lowest BCUT2D eigenvalue weighted by Crippen LogP contribution is -2.16. The van der Waals surface area contributed by atoms with Crippen molar-refractivity contribution in [1.82, 2.24) is 0 Å². The van der Waals surface area contributed by atoms with Gasteiger partial charge in [0, 0.05) is 11.6 Å². The van der Waals surface area contributed by atoms with Crippen molar-refractivity contribution in [2.75, 3.05) is 26.9 Å². The Morgan fingerprint density at radius 3 is 2.06 bits per heavy atom. The maximum Gasteiger partial charge on any atom is 0.310 e. The number of ether oxygens (including phenoxy) is 4. The van der Waals surface area contributed by atoms with E-state index < -0.39 is 5.97 Å². The van der Waals surface area contributed by atoms with Crippen molar-refractivity contribution in [2.24, 2.45) is 0 Å². The molecule has 6 nitrogen and oxygen atoms in total. The fourth-order valence-electron chi connectivity index (χ4n) is 3.33. The quantitative estimate of drug-likeness (QED) is 0.256. The lowest BCUT2D eigenvalue weighted by molar-refractivity contribution is -0.139. The van der Waals surface area contributed by atoms with Gasteiger partial charge in [0.15, 0.2) is 5.78 Å². The summed E-state index contributed by atoms with van der Waals surface area (Å²) in [4.78, 5) is 25.9. The van der Waals surface area contributed by atoms with Gasteiger partial charge in [-0.15, -0.1) is 0 Å². The number of benzene rings is 2. The molecule has 32 heavy (non-hydrogen) atoms. The number of esters is 1. The number of methoxy groups -OCH3 is 1. The van der Waals surface area contributed by atoms with Crippen molar-refractivity contribution in [2.45, 2.75) is 26.7 Å². The molecule has 2 aromatic rings. The van der Waals surface area contributed by atoms with Crippen molar-refractivity contribution in [3.05, 3.63) is 77.9 Å². The molecule has 6 heteroatoms. The summed E-state index contributed by atoms with van der Waals surface area (Å²) in [6.45, 7) is 12.2. The maximum atomic E-state index is 13.6. The van der Waals surface area contributed by atoms with Crippen LogP contribution in [0.25, 0.3) is 0 Å². The highest BCUT2D eigenvalue weighted by molar-refractivity contribution is 6.12. The van der Waals surface area contributed by atoms with Gasteiger partial charge in [0.05, 0.1) is 25.7 Å². The SMILES string of the molecule is C=CCOc1cc(OCC=C)c(C(=O)c2ccc(OCC)cc2)c(CC(=O)OC)c1CC. The van der Waals surface area contributed by atoms with Gasteiger partial charge >= 0.3 is 5.97 Å². The van der Waals surface area contributed by atoms with E-state index in [2.05, 4.69) is 13.2 Å². The number of carbonyl (C=O) groups is 2. The third-order valence-electron chi connectivity index (χ3n) is 4.74. The Balaban J connectivity index is 2.71. The van der Waals surface area contributed by atoms with Crippen molar-refractivity contribution >= 4 is 11.8 Å². The van der Waals surface area contributed by atoms with Gasteiger partial charge in [-0.3, -0.25) is 9.59 Å². The standard InChI is InChI=1S/C26H30O6/c1-6-14-31-22-17-23(32-15-7-2)25(21(20(22)8-3)16-24(27)29-5)26(28)18-10-12-19(13-11-18)30-9-4/h6-7,10-13,17H,1-2,8-9,14-16H2,3-5H3. The molecular weight excluding hydrogens is 408 g/mol. The molecular formula is C26H30O6. The van der Waals surface area contributed by atoms with E-state index in [1.807, 2.05) is 13.8 Å². The minimum absolute atomic E-state index is 0.0898. The normalized spacial score (nSPS) is 10.2. The number of hydrogen-bond donors (Lipinski definition) is 0. The largest absolute Gasteiger partial charge is 0.494 e. The lowest BCUT2D eigenvalue weighted by Gasteiger charge is -2.21. The molecule has 0 fully saturated rings. The molecule has 0 aliphatic rings. The van der Waals surface area contributed by atoms with E-state index in [0.29, 0.717) is 47.0 Å². The predicted octanol–water partition coefficient (Wildman–Crippen LogP) is 4.72. The van der Waals surface area contributed by atoms with Crippen LogP contribution in [0.1, 0.15) is 40.9 Å². The van der Waals surface area contributed by atoms with Crippen LogP contribution in [0, 0.1) is 0 Å². The highest BCUT2D eigenvalue weighted by Crippen LogP contribution is 2.37. The van der Waals surface area contributed by atoms with Gasteiger partial charge in [0.1, 0.15) is 30.5 Å². The van der Waals surface area contributed by atoms with E-state index in [4.69, 9.17) is 18.9 Å². The van der Waals surface area contributed by atoms with Gasteiger partial charge in [0.2, 0.25) is 0 Å². The monoisotopic (exact) mass is 438 g/mol. The Bertz CT molecular complexity index is 959. The highest BCUT2D eigenvalue weighted by Gasteiger charge is 2.26. The van der Waals surface area contributed by atoms with E-state index in [-0.39, 0.29) is 25.4 Å². The van der Waals surface area contributed by atoms with Crippen molar-refractivity contribution in [3.8, 4) is 17.2 Å². The van der Waals surface area contributed by atoms with Crippen LogP contribution in [0.5, 0.6) is 17.2 Å². The average molecular weight is 439 g/mol. The van der Waals surface area contributed by atoms with Gasteiger partial charge in [-0.25, -0.2) is 0 Å². The molecule has 0 radical (unpaired) electrons. The summed E-state index contributed by atoms with van der Waals surface area (Å²) in [6.07, 6.45) is 3.67. The molecule has 170 valence electrons. The first kappa shape index (κ1) is 24.7. The highest BCUT2D eigenvalue weighted by atomic mass is 16.5. The number of carbonyl (C=O) groups excluding carboxylic acids is 2. The van der Waals surface area contributed by atoms with Crippen molar-refractivity contribution in [3.63, 3.8) is 0 Å². The average Bonchev–Trinajstić information content (AvgIpc) is 2.81. The van der Waals surface area contributed by atoms with Crippen LogP contribution < -0.4 is 14.2 Å². The second-order valence-corrected chi connectivity index (χ2v) is 6.80. The summed E-state index contributed by atoms with van der Waals surface area (Å²) in [5, 5.41) is 0. The second-order valence-electron chi connectivity index (χ2n) is 6.80. The Morgan fingerprint density at radius 1 is 0.906 bits per heavy atom. The molecule has 0 aliphatic heterocycles. The summed E-state index contributed by atoms with van der Waals surface area (Å²) in [5.74, 6) is 0.795. The van der Waals surface area contributed by atoms with Gasteiger partial charge in [-0.05, 0) is 48.7 Å². The summed E-state index contributed by atoms with van der Waals surface area (Å²) in [6, 6.07) is 8.56. The van der Waals surface area contributed by atoms with E-state index >= 15 is 0 Å². The fraction of sp³-hybridized carbons (Fsp3) is 0.308. The number of ketones is 1. The third-order valence-corrected chi connectivity index (χ3v) is 4.74. The Morgan fingerprint density at radius 2 is 1.53 bits per heavy atom. The lowest BCUT2D eigenvalue weighted by atomic mass is 9.90. The van der Waals surface area contributed by atoms with E-state index in [0.717, 1.165) is 5.56 Å². The van der Waals surface area contributed by atoms with Crippen LogP contribution in [0.3, 0.4) is 0 Å². The molecule has 2 aromatic carbocycles. The van der Waals surface area contributed by atoms with Gasteiger partial charge in [-0.2, -0.15) is 0 Å². The van der Waals surface area contributed by atoms with Crippen LogP contribution in [-0.2, 0) is 22.4 Å². The molecule has 2 rings (SSSR count). The molecule has 0 aliphatic carbocycles. The van der Waals surface area contributed by atoms with Crippen LogP contribution in [-0.4, -0.2) is 38.7 Å². The third kappa shape index (κ3) is 6.00. The molecule has 0 amide bonds. The zero-order chi connectivity index (χ0) is 23.5. The maximum absolute atomic E-state index is 13.6. The van der Waals surface area contributed by atoms with Crippen LogP contribution in [0.4, 0.5) is 0 Å². The van der Waals surface area contributed by atoms with E-state index in [1.54, 1.807) is 42.5 Å². The first-order chi connectivity index (χ1) is 15.5. The molecule has 0 bridgehead atoms. The molecule has 0 saturated heterocycles. The van der Waals surface area contributed by atoms with E-state index in [1.165, 1.54) is 7.11 Å². The van der Waals surface area contributed by atoms with Gasteiger partial charge in [-0.1, -0.05) is 32.2 Å². The Kier molecular flexibility index (Phi) is 9.54. The second kappa shape index (κ2) is 12.3. The van der Waals surface area contributed by atoms with E-state index in [9.17, 15) is 9.59 Å². The molecule has 0 spiro atoms. The molecule has 0 unspecified atom stereocenters. The number of rotatable bonds is 13. The predicted molar refractivity (Wildman–Crippen MR) is 124 cm³/mol.